The van der Waals surface area contributed by atoms with Crippen LogP contribution >= 0.6 is 23.0 Å². The van der Waals surface area contributed by atoms with Gasteiger partial charge in [-0.3, -0.25) is 17.4 Å². The van der Waals surface area contributed by atoms with Gasteiger partial charge in [0.1, 0.15) is 45.8 Å². The number of Topliss-reactive ketones (excluding diaryl/α,β-unsaturated/α-hetero) is 2. The monoisotopic (exact) mass is 658 g/mol. The van der Waals surface area contributed by atoms with Gasteiger partial charge >= 0.3 is 0 Å². The van der Waals surface area contributed by atoms with E-state index in [9.17, 15) is 24.6 Å². The van der Waals surface area contributed by atoms with Crippen LogP contribution in [0.15, 0.2) is 59.1 Å². The number of carbonyl (C=O) groups excluding carboxylic acids is 3. The van der Waals surface area contributed by atoms with Gasteiger partial charge in [-0.15, -0.1) is 0 Å². The fourth-order valence-electron chi connectivity index (χ4n) is 6.26. The van der Waals surface area contributed by atoms with E-state index < -0.39 is 52.0 Å². The molecule has 0 fully saturated rings. The number of carbonyl (C=O) groups is 3. The average Bonchev–Trinajstić information content (AvgIpc) is 2.91. The molecule has 5 rings (SSSR count). The molecule has 9 nitrogen and oxygen atoms in total. The first kappa shape index (κ1) is 28.2. The topological polar surface area (TPSA) is 139 Å². The van der Waals surface area contributed by atoms with Crippen LogP contribution in [0.1, 0.15) is 42.1 Å². The molecule has 2 aromatic rings. The predicted molar refractivity (Wildman–Crippen MR) is 158 cm³/mol. The number of rotatable bonds is 7. The summed E-state index contributed by atoms with van der Waals surface area (Å²) in [6, 6.07) is 11.8. The lowest BCUT2D eigenvalue weighted by atomic mass is 9.60. The van der Waals surface area contributed by atoms with E-state index >= 15 is 0 Å². The molecule has 3 atom stereocenters. The van der Waals surface area contributed by atoms with E-state index in [0.717, 1.165) is 28.8 Å². The molecule has 2 aromatic carbocycles. The number of allylic oxidation sites excluding steroid dienone is 2. The smallest absolute Gasteiger partial charge is 0.255 e. The molecular formula is C30H31IN2O7. The second-order valence-corrected chi connectivity index (χ2v) is 11.2. The Morgan fingerprint density at radius 1 is 1.12 bits per heavy atom. The third-order valence-electron chi connectivity index (χ3n) is 8.17. The van der Waals surface area contributed by atoms with E-state index in [-0.39, 0.29) is 18.4 Å². The van der Waals surface area contributed by atoms with Crippen molar-refractivity contribution in [3.05, 3.63) is 70.2 Å². The van der Waals surface area contributed by atoms with Gasteiger partial charge in [0.15, 0.2) is 5.78 Å². The SMILES string of the molecule is CCCOc1ccc(-c2ccc(N(C)C)cc2)c2c1C(=O)C1=C(O)[C@]3(OI)C(=O)C(C(N)=O)=C(O)C[C@@H]3C[C@@H]1C2. The Morgan fingerprint density at radius 3 is 2.42 bits per heavy atom. The highest BCUT2D eigenvalue weighted by Gasteiger charge is 2.61. The first-order valence-corrected chi connectivity index (χ1v) is 14.1. The zero-order valence-corrected chi connectivity index (χ0v) is 24.7. The number of halogens is 1. The maximum atomic E-state index is 14.3. The van der Waals surface area contributed by atoms with E-state index in [1.54, 1.807) is 6.07 Å². The van der Waals surface area contributed by atoms with Crippen LogP contribution in [-0.4, -0.2) is 54.0 Å². The van der Waals surface area contributed by atoms with Crippen LogP contribution in [0.5, 0.6) is 5.75 Å². The highest BCUT2D eigenvalue weighted by molar-refractivity contribution is 14.1. The summed E-state index contributed by atoms with van der Waals surface area (Å²) in [5.74, 6) is -4.20. The van der Waals surface area contributed by atoms with Crippen LogP contribution in [0.2, 0.25) is 0 Å². The number of nitrogens with zero attached hydrogens (tertiary/aromatic N) is 1. The first-order valence-electron chi connectivity index (χ1n) is 13.2. The third kappa shape index (κ3) is 4.19. The minimum Gasteiger partial charge on any atom is -0.511 e. The molecule has 0 aliphatic heterocycles. The van der Waals surface area contributed by atoms with Crippen LogP contribution in [-0.2, 0) is 19.1 Å². The molecule has 0 unspecified atom stereocenters. The van der Waals surface area contributed by atoms with Crippen molar-refractivity contribution < 1.29 is 32.4 Å². The van der Waals surface area contributed by atoms with Crippen LogP contribution in [0.25, 0.3) is 11.1 Å². The number of nitrogens with two attached hydrogens (primary N) is 1. The second kappa shape index (κ2) is 10.5. The summed E-state index contributed by atoms with van der Waals surface area (Å²) in [4.78, 5) is 41.9. The van der Waals surface area contributed by atoms with Gasteiger partial charge in [-0.1, -0.05) is 25.1 Å². The number of ketones is 2. The number of aliphatic hydroxyl groups is 2. The van der Waals surface area contributed by atoms with Crippen molar-refractivity contribution in [2.45, 2.75) is 38.2 Å². The fraction of sp³-hybridized carbons (Fsp3) is 0.367. The van der Waals surface area contributed by atoms with Crippen LogP contribution < -0.4 is 15.4 Å². The molecule has 4 N–H and O–H groups in total. The summed E-state index contributed by atoms with van der Waals surface area (Å²) in [6.45, 7) is 2.37. The second-order valence-electron chi connectivity index (χ2n) is 10.7. The zero-order chi connectivity index (χ0) is 28.9. The van der Waals surface area contributed by atoms with Gasteiger partial charge in [0.05, 0.1) is 12.2 Å². The average molecular weight is 658 g/mol. The molecule has 3 aliphatic rings. The van der Waals surface area contributed by atoms with Crippen LogP contribution in [0.4, 0.5) is 5.69 Å². The zero-order valence-electron chi connectivity index (χ0n) is 22.5. The Morgan fingerprint density at radius 2 is 1.82 bits per heavy atom. The number of fused-ring (bicyclic) bond motifs is 3. The molecule has 1 amide bonds. The van der Waals surface area contributed by atoms with Gasteiger partial charge in [-0.25, -0.2) is 0 Å². The van der Waals surface area contributed by atoms with E-state index in [0.29, 0.717) is 24.3 Å². The molecule has 0 radical (unpaired) electrons. The van der Waals surface area contributed by atoms with Crippen molar-refractivity contribution in [2.75, 3.05) is 25.6 Å². The van der Waals surface area contributed by atoms with Gasteiger partial charge in [0.2, 0.25) is 11.4 Å². The Kier molecular flexibility index (Phi) is 7.43. The van der Waals surface area contributed by atoms with Gasteiger partial charge in [-0.05, 0) is 60.1 Å². The Bertz CT molecular complexity index is 1480. The lowest BCUT2D eigenvalue weighted by molar-refractivity contribution is -0.137. The number of primary amides is 1. The third-order valence-corrected chi connectivity index (χ3v) is 8.87. The summed E-state index contributed by atoms with van der Waals surface area (Å²) < 4.78 is 11.6. The quantitative estimate of drug-likeness (QED) is 0.286. The first-order chi connectivity index (χ1) is 19.1. The van der Waals surface area contributed by atoms with E-state index in [1.807, 2.05) is 56.3 Å². The molecule has 210 valence electrons. The maximum absolute atomic E-state index is 14.3. The van der Waals surface area contributed by atoms with Gasteiger partial charge in [0, 0.05) is 37.7 Å². The fourth-order valence-corrected chi connectivity index (χ4v) is 7.03. The standard InChI is InChI=1S/C30H31IN2O7/c1-4-11-39-22-10-9-19(15-5-7-18(8-6-15)33(2)3)20-13-16-12-17-14-21(34)25(29(32)38)28(37)30(17,40-31)27(36)23(16)26(35)24(20)22/h5-10,16-17,34,36H,4,11-14H2,1-3H3,(H2,32,38)/t16-,17+,30+/m1/s1. The summed E-state index contributed by atoms with van der Waals surface area (Å²) in [7, 11) is 3.93. The van der Waals surface area contributed by atoms with Gasteiger partial charge < -0.3 is 25.6 Å². The largest absolute Gasteiger partial charge is 0.511 e. The van der Waals surface area contributed by atoms with Crippen molar-refractivity contribution >= 4 is 46.2 Å². The minimum absolute atomic E-state index is 0.0698. The molecule has 10 heteroatoms. The molecule has 0 saturated carbocycles. The molecule has 0 spiro atoms. The van der Waals surface area contributed by atoms with Crippen molar-refractivity contribution in [3.8, 4) is 16.9 Å². The lowest BCUT2D eigenvalue weighted by Crippen LogP contribution is -2.57. The number of hydrogen-bond donors (Lipinski definition) is 3. The van der Waals surface area contributed by atoms with E-state index in [2.05, 4.69) is 0 Å². The number of amides is 1. The van der Waals surface area contributed by atoms with Crippen LogP contribution in [0.3, 0.4) is 0 Å². The van der Waals surface area contributed by atoms with Crippen molar-refractivity contribution in [2.24, 2.45) is 17.6 Å². The van der Waals surface area contributed by atoms with Gasteiger partial charge in [0.25, 0.3) is 5.91 Å². The molecule has 0 saturated heterocycles. The van der Waals surface area contributed by atoms with Crippen molar-refractivity contribution in [1.82, 2.24) is 0 Å². The number of aliphatic hydroxyl groups excluding tert-OH is 2. The summed E-state index contributed by atoms with van der Waals surface area (Å²) in [5.41, 5.74) is 6.87. The normalized spacial score (nSPS) is 23.9. The summed E-state index contributed by atoms with van der Waals surface area (Å²) in [5, 5.41) is 22.2. The molecule has 0 aromatic heterocycles. The maximum Gasteiger partial charge on any atom is 0.255 e. The summed E-state index contributed by atoms with van der Waals surface area (Å²) >= 11 is 1.51. The lowest BCUT2D eigenvalue weighted by Gasteiger charge is -2.47. The number of anilines is 1. The summed E-state index contributed by atoms with van der Waals surface area (Å²) in [6.07, 6.45) is 1.32. The number of benzene rings is 2. The molecule has 3 aliphatic carbocycles. The van der Waals surface area contributed by atoms with Gasteiger partial charge in [-0.2, -0.15) is 0 Å². The number of ether oxygens (including phenoxy) is 1. The van der Waals surface area contributed by atoms with Crippen molar-refractivity contribution in [1.29, 1.82) is 0 Å². The van der Waals surface area contributed by atoms with Crippen molar-refractivity contribution in [3.63, 3.8) is 0 Å². The van der Waals surface area contributed by atoms with E-state index in [1.165, 1.54) is 23.0 Å². The molecule has 0 heterocycles. The molecule has 40 heavy (non-hydrogen) atoms. The minimum atomic E-state index is -2.00. The number of hydrogen-bond acceptors (Lipinski definition) is 8. The highest BCUT2D eigenvalue weighted by atomic mass is 127. The highest BCUT2D eigenvalue weighted by Crippen LogP contribution is 2.54. The van der Waals surface area contributed by atoms with E-state index in [4.69, 9.17) is 13.5 Å². The predicted octanol–water partition coefficient (Wildman–Crippen LogP) is 4.77. The van der Waals surface area contributed by atoms with Crippen LogP contribution in [0, 0.1) is 11.8 Å². The Balaban J connectivity index is 1.69. The molecular weight excluding hydrogens is 627 g/mol. The molecule has 0 bridgehead atoms. The Hall–Kier alpha value is -3.38. The Labute approximate surface area is 246 Å².